The summed E-state index contributed by atoms with van der Waals surface area (Å²) in [6, 6.07) is 4.60. The minimum absolute atomic E-state index is 0.408. The highest BCUT2D eigenvalue weighted by molar-refractivity contribution is 7.21. The number of nitrogens with zero attached hydrogens (tertiary/aromatic N) is 1. The van der Waals surface area contributed by atoms with Crippen LogP contribution in [-0.2, 0) is 0 Å². The van der Waals surface area contributed by atoms with Gasteiger partial charge < -0.3 is 5.32 Å². The van der Waals surface area contributed by atoms with Crippen LogP contribution in [-0.4, -0.2) is 11.5 Å². The zero-order chi connectivity index (χ0) is 11.4. The van der Waals surface area contributed by atoms with Gasteiger partial charge in [-0.1, -0.05) is 13.0 Å². The van der Waals surface area contributed by atoms with Gasteiger partial charge in [0.05, 0.1) is 4.88 Å². The molecule has 0 aromatic carbocycles. The maximum Gasteiger partial charge on any atom is 0.133 e. The zero-order valence-electron chi connectivity index (χ0n) is 9.56. The van der Waals surface area contributed by atoms with Crippen molar-refractivity contribution in [2.24, 2.45) is 0 Å². The molecule has 0 saturated heterocycles. The van der Waals surface area contributed by atoms with Gasteiger partial charge in [0, 0.05) is 17.1 Å². The van der Waals surface area contributed by atoms with Crippen molar-refractivity contribution < 1.29 is 0 Å². The predicted octanol–water partition coefficient (Wildman–Crippen LogP) is 3.93. The lowest BCUT2D eigenvalue weighted by molar-refractivity contribution is 0.577. The van der Waals surface area contributed by atoms with Crippen molar-refractivity contribution in [2.45, 2.75) is 26.3 Å². The summed E-state index contributed by atoms with van der Waals surface area (Å²) in [5.41, 5.74) is 0. The molecule has 1 N–H and O–H groups in total. The van der Waals surface area contributed by atoms with E-state index in [9.17, 15) is 0 Å². The van der Waals surface area contributed by atoms with Gasteiger partial charge >= 0.3 is 0 Å². The molecule has 0 fully saturated rings. The smallest absolute Gasteiger partial charge is 0.133 e. The van der Waals surface area contributed by atoms with E-state index in [1.54, 1.807) is 22.7 Å². The molecule has 86 valence electrons. The number of aromatic nitrogens is 1. The fourth-order valence-corrected chi connectivity index (χ4v) is 3.21. The van der Waals surface area contributed by atoms with Crippen LogP contribution in [0.2, 0.25) is 0 Å². The monoisotopic (exact) mass is 252 g/mol. The van der Waals surface area contributed by atoms with E-state index in [2.05, 4.69) is 41.7 Å². The van der Waals surface area contributed by atoms with Crippen LogP contribution in [0.5, 0.6) is 0 Å². The summed E-state index contributed by atoms with van der Waals surface area (Å²) in [4.78, 5) is 7.06. The molecule has 0 bridgehead atoms. The second-order valence-electron chi connectivity index (χ2n) is 3.72. The Balaban J connectivity index is 2.07. The highest BCUT2D eigenvalue weighted by Crippen LogP contribution is 2.31. The van der Waals surface area contributed by atoms with Crippen LogP contribution < -0.4 is 5.32 Å². The van der Waals surface area contributed by atoms with Crippen molar-refractivity contribution >= 4 is 22.7 Å². The average Bonchev–Trinajstić information content (AvgIpc) is 2.94. The highest BCUT2D eigenvalue weighted by atomic mass is 32.1. The molecule has 2 aromatic heterocycles. The Morgan fingerprint density at radius 2 is 2.38 bits per heavy atom. The van der Waals surface area contributed by atoms with Gasteiger partial charge in [0.2, 0.25) is 0 Å². The van der Waals surface area contributed by atoms with Crippen molar-refractivity contribution in [1.29, 1.82) is 0 Å². The third kappa shape index (κ3) is 2.70. The second kappa shape index (κ2) is 5.57. The van der Waals surface area contributed by atoms with Crippen LogP contribution in [0.4, 0.5) is 0 Å². The number of thiazole rings is 1. The third-order valence-electron chi connectivity index (χ3n) is 2.38. The first-order valence-corrected chi connectivity index (χ1v) is 7.24. The fourth-order valence-electron chi connectivity index (χ4n) is 1.46. The molecule has 2 aromatic rings. The lowest BCUT2D eigenvalue weighted by atomic mass is 10.3. The van der Waals surface area contributed by atoms with Gasteiger partial charge in [-0.3, -0.25) is 0 Å². The first kappa shape index (κ1) is 11.8. The molecule has 1 atom stereocenters. The van der Waals surface area contributed by atoms with Gasteiger partial charge in [-0.2, -0.15) is 0 Å². The lowest BCUT2D eigenvalue weighted by Crippen LogP contribution is -2.18. The van der Waals surface area contributed by atoms with Crippen LogP contribution in [0.25, 0.3) is 9.88 Å². The molecule has 0 aliphatic heterocycles. The Morgan fingerprint density at radius 3 is 3.06 bits per heavy atom. The van der Waals surface area contributed by atoms with Crippen molar-refractivity contribution in [1.82, 2.24) is 10.3 Å². The van der Waals surface area contributed by atoms with E-state index >= 15 is 0 Å². The number of nitrogens with one attached hydrogen (secondary N) is 1. The number of hydrogen-bond donors (Lipinski definition) is 1. The third-order valence-corrected chi connectivity index (χ3v) is 4.60. The van der Waals surface area contributed by atoms with Gasteiger partial charge in [-0.05, 0) is 31.3 Å². The Bertz CT molecular complexity index is 420. The van der Waals surface area contributed by atoms with E-state index in [4.69, 9.17) is 0 Å². The summed E-state index contributed by atoms with van der Waals surface area (Å²) in [5, 5.41) is 6.71. The molecular formula is C12H16N2S2. The molecule has 0 saturated carbocycles. The molecular weight excluding hydrogens is 236 g/mol. The van der Waals surface area contributed by atoms with Gasteiger partial charge in [0.25, 0.3) is 0 Å². The van der Waals surface area contributed by atoms with Gasteiger partial charge in [0.15, 0.2) is 0 Å². The fraction of sp³-hybridized carbons (Fsp3) is 0.417. The highest BCUT2D eigenvalue weighted by Gasteiger charge is 2.10. The molecule has 0 amide bonds. The van der Waals surface area contributed by atoms with E-state index < -0.39 is 0 Å². The minimum Gasteiger partial charge on any atom is -0.309 e. The minimum atomic E-state index is 0.408. The van der Waals surface area contributed by atoms with Gasteiger partial charge in [-0.15, -0.1) is 22.7 Å². The lowest BCUT2D eigenvalue weighted by Gasteiger charge is -2.09. The molecule has 0 aliphatic rings. The molecule has 2 rings (SSSR count). The van der Waals surface area contributed by atoms with E-state index in [0.29, 0.717) is 6.04 Å². The predicted molar refractivity (Wildman–Crippen MR) is 72.1 cm³/mol. The van der Waals surface area contributed by atoms with Crippen LogP contribution in [0.1, 0.15) is 31.2 Å². The van der Waals surface area contributed by atoms with Crippen molar-refractivity contribution in [3.8, 4) is 9.88 Å². The Kier molecular flexibility index (Phi) is 4.09. The summed E-state index contributed by atoms with van der Waals surface area (Å²) in [6.07, 6.45) is 3.16. The molecule has 4 heteroatoms. The van der Waals surface area contributed by atoms with Gasteiger partial charge in [-0.25, -0.2) is 4.98 Å². The zero-order valence-corrected chi connectivity index (χ0v) is 11.2. The molecule has 1 unspecified atom stereocenters. The summed E-state index contributed by atoms with van der Waals surface area (Å²) >= 11 is 3.53. The normalized spacial score (nSPS) is 12.9. The van der Waals surface area contributed by atoms with Crippen molar-refractivity contribution in [3.05, 3.63) is 28.6 Å². The maximum atomic E-state index is 4.48. The van der Waals surface area contributed by atoms with Crippen LogP contribution >= 0.6 is 22.7 Å². The number of thiophene rings is 1. The summed E-state index contributed by atoms with van der Waals surface area (Å²) in [7, 11) is 0. The van der Waals surface area contributed by atoms with E-state index in [0.717, 1.165) is 11.6 Å². The summed E-state index contributed by atoms with van der Waals surface area (Å²) in [6.45, 7) is 5.44. The van der Waals surface area contributed by atoms with E-state index in [-0.39, 0.29) is 0 Å². The Morgan fingerprint density at radius 1 is 1.50 bits per heavy atom. The second-order valence-corrected chi connectivity index (χ2v) is 5.73. The number of rotatable bonds is 5. The number of hydrogen-bond acceptors (Lipinski definition) is 4. The molecule has 2 nitrogen and oxygen atoms in total. The molecule has 0 spiro atoms. The standard InChI is InChI=1S/C12H16N2S2/c1-3-6-13-9(2)11-8-14-12(16-11)10-5-4-7-15-10/h4-5,7-9,13H,3,6H2,1-2H3. The molecule has 0 radical (unpaired) electrons. The maximum absolute atomic E-state index is 4.48. The first-order chi connectivity index (χ1) is 7.81. The summed E-state index contributed by atoms with van der Waals surface area (Å²) in [5.74, 6) is 0. The van der Waals surface area contributed by atoms with Crippen molar-refractivity contribution in [3.63, 3.8) is 0 Å². The Hall–Kier alpha value is -0.710. The topological polar surface area (TPSA) is 24.9 Å². The average molecular weight is 252 g/mol. The van der Waals surface area contributed by atoms with Crippen molar-refractivity contribution in [2.75, 3.05) is 6.54 Å². The van der Waals surface area contributed by atoms with E-state index in [1.165, 1.54) is 16.2 Å². The molecule has 2 heterocycles. The molecule has 0 aliphatic carbocycles. The summed E-state index contributed by atoms with van der Waals surface area (Å²) < 4.78 is 0. The Labute approximate surface area is 104 Å². The quantitative estimate of drug-likeness (QED) is 0.872. The van der Waals surface area contributed by atoms with E-state index in [1.807, 2.05) is 6.20 Å². The first-order valence-electron chi connectivity index (χ1n) is 5.54. The van der Waals surface area contributed by atoms with Gasteiger partial charge in [0.1, 0.15) is 5.01 Å². The van der Waals surface area contributed by atoms with Crippen LogP contribution in [0.3, 0.4) is 0 Å². The van der Waals surface area contributed by atoms with Crippen LogP contribution in [0, 0.1) is 0 Å². The SMILES string of the molecule is CCCNC(C)c1cnc(-c2cccs2)s1. The van der Waals surface area contributed by atoms with Crippen LogP contribution in [0.15, 0.2) is 23.7 Å². The largest absolute Gasteiger partial charge is 0.309 e. The molecule has 16 heavy (non-hydrogen) atoms.